The van der Waals surface area contributed by atoms with Gasteiger partial charge in [0.25, 0.3) is 0 Å². The van der Waals surface area contributed by atoms with Crippen LogP contribution in [0.2, 0.25) is 0 Å². The van der Waals surface area contributed by atoms with Crippen molar-refractivity contribution in [3.8, 4) is 0 Å². The summed E-state index contributed by atoms with van der Waals surface area (Å²) in [5.74, 6) is -0.987. The van der Waals surface area contributed by atoms with Crippen molar-refractivity contribution >= 4 is 5.97 Å². The maximum absolute atomic E-state index is 10.9. The lowest BCUT2D eigenvalue weighted by atomic mass is 9.84. The summed E-state index contributed by atoms with van der Waals surface area (Å²) in [7, 11) is 0. The Bertz CT molecular complexity index is 459. The summed E-state index contributed by atoms with van der Waals surface area (Å²) < 4.78 is 0. The zero-order valence-electron chi connectivity index (χ0n) is 8.63. The molecule has 1 aliphatic carbocycles. The van der Waals surface area contributed by atoms with Gasteiger partial charge in [-0.25, -0.2) is 4.79 Å². The second-order valence-corrected chi connectivity index (χ2v) is 3.82. The van der Waals surface area contributed by atoms with E-state index >= 15 is 0 Å². The number of carbonyl (C=O) groups is 1. The van der Waals surface area contributed by atoms with E-state index in [-0.39, 0.29) is 12.0 Å². The maximum Gasteiger partial charge on any atom is 0.331 e. The van der Waals surface area contributed by atoms with Gasteiger partial charge in [0.2, 0.25) is 0 Å². The lowest BCUT2D eigenvalue weighted by molar-refractivity contribution is -0.133. The number of hydrogen-bond acceptors (Lipinski definition) is 2. The number of carboxylic acids is 1. The first-order chi connectivity index (χ1) is 7.62. The molecule has 0 spiro atoms. The summed E-state index contributed by atoms with van der Waals surface area (Å²) in [5, 5.41) is 19.3. The van der Waals surface area contributed by atoms with Gasteiger partial charge in [-0.3, -0.25) is 0 Å². The number of allylic oxidation sites excluding steroid dienone is 2. The topological polar surface area (TPSA) is 57.5 Å². The molecule has 0 aliphatic heterocycles. The minimum atomic E-state index is -1.20. The highest BCUT2D eigenvalue weighted by Gasteiger charge is 2.31. The quantitative estimate of drug-likeness (QED) is 0.793. The minimum absolute atomic E-state index is 0.100. The van der Waals surface area contributed by atoms with Crippen LogP contribution in [0.4, 0.5) is 0 Å². The van der Waals surface area contributed by atoms with E-state index in [9.17, 15) is 9.90 Å². The van der Waals surface area contributed by atoms with Crippen LogP contribution in [-0.2, 0) is 10.4 Å². The molecule has 0 fully saturated rings. The van der Waals surface area contributed by atoms with Gasteiger partial charge < -0.3 is 10.2 Å². The molecular formula is C13H12O3. The Morgan fingerprint density at radius 1 is 1.25 bits per heavy atom. The zero-order chi connectivity index (χ0) is 11.6. The third-order valence-electron chi connectivity index (χ3n) is 2.68. The average Bonchev–Trinajstić information content (AvgIpc) is 2.30. The largest absolute Gasteiger partial charge is 0.478 e. The van der Waals surface area contributed by atoms with Crippen molar-refractivity contribution in [3.63, 3.8) is 0 Å². The molecule has 0 saturated carbocycles. The van der Waals surface area contributed by atoms with Crippen molar-refractivity contribution in [2.45, 2.75) is 12.0 Å². The van der Waals surface area contributed by atoms with Gasteiger partial charge in [-0.15, -0.1) is 0 Å². The number of aliphatic carboxylic acids is 1. The lowest BCUT2D eigenvalue weighted by Crippen LogP contribution is -2.27. The lowest BCUT2D eigenvalue weighted by Gasteiger charge is -2.27. The summed E-state index contributed by atoms with van der Waals surface area (Å²) in [5.41, 5.74) is -0.282. The Balaban J connectivity index is 2.33. The Labute approximate surface area is 93.4 Å². The molecule has 1 atom stereocenters. The molecule has 0 aromatic heterocycles. The molecule has 1 aliphatic rings. The number of carboxylic acid groups (broad SMARTS) is 1. The number of hydrogen-bond donors (Lipinski definition) is 2. The van der Waals surface area contributed by atoms with Crippen LogP contribution in [0.25, 0.3) is 0 Å². The summed E-state index contributed by atoms with van der Waals surface area (Å²) in [6, 6.07) is 9.07. The highest BCUT2D eigenvalue weighted by Crippen LogP contribution is 2.32. The monoisotopic (exact) mass is 216 g/mol. The first kappa shape index (κ1) is 10.6. The first-order valence-electron chi connectivity index (χ1n) is 5.01. The normalized spacial score (nSPS) is 23.9. The molecule has 82 valence electrons. The van der Waals surface area contributed by atoms with Gasteiger partial charge in [-0.05, 0) is 11.6 Å². The molecule has 0 amide bonds. The fraction of sp³-hybridized carbons (Fsp3) is 0.154. The van der Waals surface area contributed by atoms with Gasteiger partial charge in [0.05, 0.1) is 0 Å². The molecule has 0 bridgehead atoms. The highest BCUT2D eigenvalue weighted by atomic mass is 16.4. The predicted molar refractivity (Wildman–Crippen MR) is 59.8 cm³/mol. The highest BCUT2D eigenvalue weighted by molar-refractivity contribution is 5.87. The van der Waals surface area contributed by atoms with Crippen molar-refractivity contribution in [1.29, 1.82) is 0 Å². The number of benzene rings is 1. The smallest absolute Gasteiger partial charge is 0.331 e. The van der Waals surface area contributed by atoms with Crippen LogP contribution in [0.3, 0.4) is 0 Å². The Morgan fingerprint density at radius 3 is 2.56 bits per heavy atom. The molecule has 3 heteroatoms. The molecule has 2 rings (SSSR count). The molecule has 0 saturated heterocycles. The van der Waals surface area contributed by atoms with Crippen molar-refractivity contribution in [1.82, 2.24) is 0 Å². The van der Waals surface area contributed by atoms with Gasteiger partial charge in [0.15, 0.2) is 0 Å². The molecule has 16 heavy (non-hydrogen) atoms. The second kappa shape index (κ2) is 3.94. The summed E-state index contributed by atoms with van der Waals surface area (Å²) >= 11 is 0. The third-order valence-corrected chi connectivity index (χ3v) is 2.68. The second-order valence-electron chi connectivity index (χ2n) is 3.82. The van der Waals surface area contributed by atoms with E-state index in [2.05, 4.69) is 0 Å². The van der Waals surface area contributed by atoms with E-state index in [0.717, 1.165) is 0 Å². The maximum atomic E-state index is 10.9. The van der Waals surface area contributed by atoms with E-state index in [1.54, 1.807) is 24.3 Å². The molecular weight excluding hydrogens is 204 g/mol. The van der Waals surface area contributed by atoms with Crippen LogP contribution < -0.4 is 0 Å². The van der Waals surface area contributed by atoms with Crippen molar-refractivity contribution in [3.05, 3.63) is 59.7 Å². The van der Waals surface area contributed by atoms with E-state index in [4.69, 9.17) is 5.11 Å². The van der Waals surface area contributed by atoms with Crippen LogP contribution in [0.15, 0.2) is 54.1 Å². The Hall–Kier alpha value is -1.87. The molecule has 1 aromatic carbocycles. The average molecular weight is 216 g/mol. The van der Waals surface area contributed by atoms with Gasteiger partial charge in [-0.2, -0.15) is 0 Å². The van der Waals surface area contributed by atoms with Crippen molar-refractivity contribution < 1.29 is 15.0 Å². The van der Waals surface area contributed by atoms with Crippen LogP contribution in [0, 0.1) is 0 Å². The van der Waals surface area contributed by atoms with Gasteiger partial charge in [-0.1, -0.05) is 42.5 Å². The molecule has 1 unspecified atom stereocenters. The number of aliphatic hydroxyl groups is 1. The van der Waals surface area contributed by atoms with Gasteiger partial charge in [0.1, 0.15) is 5.60 Å². The molecule has 3 nitrogen and oxygen atoms in total. The van der Waals surface area contributed by atoms with Crippen LogP contribution in [0.1, 0.15) is 12.0 Å². The SMILES string of the molecule is O=C(O)C1=CC=CC(O)(c2ccccc2)C1. The Kier molecular flexibility index (Phi) is 2.62. The van der Waals surface area contributed by atoms with Crippen molar-refractivity contribution in [2.24, 2.45) is 0 Å². The first-order valence-corrected chi connectivity index (χ1v) is 5.01. The molecule has 0 heterocycles. The fourth-order valence-corrected chi connectivity index (χ4v) is 1.80. The number of rotatable bonds is 2. The molecule has 2 N–H and O–H groups in total. The van der Waals surface area contributed by atoms with Crippen molar-refractivity contribution in [2.75, 3.05) is 0 Å². The summed E-state index contributed by atoms with van der Waals surface area (Å²) in [4.78, 5) is 10.9. The van der Waals surface area contributed by atoms with E-state index in [0.29, 0.717) is 5.56 Å². The zero-order valence-corrected chi connectivity index (χ0v) is 8.63. The third kappa shape index (κ3) is 1.90. The fourth-order valence-electron chi connectivity index (χ4n) is 1.80. The van der Waals surface area contributed by atoms with Crippen LogP contribution in [-0.4, -0.2) is 16.2 Å². The van der Waals surface area contributed by atoms with E-state index in [1.165, 1.54) is 6.08 Å². The Morgan fingerprint density at radius 2 is 1.94 bits per heavy atom. The minimum Gasteiger partial charge on any atom is -0.478 e. The van der Waals surface area contributed by atoms with E-state index in [1.807, 2.05) is 18.2 Å². The standard InChI is InChI=1S/C13H12O3/c14-12(15)10-5-4-8-13(16,9-10)11-6-2-1-3-7-11/h1-8,16H,9H2,(H,14,15). The molecule has 1 aromatic rings. The molecule has 0 radical (unpaired) electrons. The van der Waals surface area contributed by atoms with Gasteiger partial charge in [0, 0.05) is 12.0 Å². The van der Waals surface area contributed by atoms with Crippen LogP contribution in [0.5, 0.6) is 0 Å². The summed E-state index contributed by atoms with van der Waals surface area (Å²) in [6.45, 7) is 0. The van der Waals surface area contributed by atoms with Crippen LogP contribution >= 0.6 is 0 Å². The summed E-state index contributed by atoms with van der Waals surface area (Å²) in [6.07, 6.45) is 4.82. The van der Waals surface area contributed by atoms with E-state index < -0.39 is 11.6 Å². The predicted octanol–water partition coefficient (Wildman–Crippen LogP) is 1.85. The van der Waals surface area contributed by atoms with Gasteiger partial charge >= 0.3 is 5.97 Å².